The number of carboxylic acid groups (broad SMARTS) is 1. The molecule has 9 heteroatoms. The SMILES string of the molecule is CC1N=C(N=CC2C3CCC(CC3)[C@@H]2C(=O)O)NC(c2c[nH]c3ncc(F)cc23)=N1. The summed E-state index contributed by atoms with van der Waals surface area (Å²) >= 11 is 0. The number of hydrogen-bond donors (Lipinski definition) is 3. The van der Waals surface area contributed by atoms with Gasteiger partial charge in [0.05, 0.1) is 12.1 Å². The Hall–Kier alpha value is -3.10. The lowest BCUT2D eigenvalue weighted by Crippen LogP contribution is -2.45. The van der Waals surface area contributed by atoms with E-state index in [1.54, 1.807) is 12.4 Å². The normalized spacial score (nSPS) is 30.9. The summed E-state index contributed by atoms with van der Waals surface area (Å²) in [4.78, 5) is 32.4. The van der Waals surface area contributed by atoms with Crippen LogP contribution in [0, 0.1) is 29.5 Å². The van der Waals surface area contributed by atoms with Gasteiger partial charge in [0, 0.05) is 29.3 Å². The number of guanidine groups is 1. The predicted molar refractivity (Wildman–Crippen MR) is 111 cm³/mol. The fourth-order valence-corrected chi connectivity index (χ4v) is 5.17. The predicted octanol–water partition coefficient (Wildman–Crippen LogP) is 2.96. The zero-order valence-corrected chi connectivity index (χ0v) is 16.5. The third kappa shape index (κ3) is 3.28. The van der Waals surface area contributed by atoms with Crippen LogP contribution in [-0.4, -0.2) is 45.2 Å². The lowest BCUT2D eigenvalue weighted by atomic mass is 9.59. The van der Waals surface area contributed by atoms with Crippen LogP contribution in [0.15, 0.2) is 33.4 Å². The highest BCUT2D eigenvalue weighted by Gasteiger charge is 2.46. The Kier molecular flexibility index (Phi) is 4.60. The highest BCUT2D eigenvalue weighted by molar-refractivity contribution is 6.16. The molecule has 0 radical (unpaired) electrons. The average molecular weight is 410 g/mol. The van der Waals surface area contributed by atoms with Gasteiger partial charge < -0.3 is 15.4 Å². The first kappa shape index (κ1) is 18.9. The zero-order valence-electron chi connectivity index (χ0n) is 16.5. The molecule has 156 valence electrons. The Morgan fingerprint density at radius 2 is 2.03 bits per heavy atom. The van der Waals surface area contributed by atoms with Gasteiger partial charge in [-0.15, -0.1) is 0 Å². The second-order valence-electron chi connectivity index (χ2n) is 8.33. The van der Waals surface area contributed by atoms with Gasteiger partial charge in [0.25, 0.3) is 0 Å². The largest absolute Gasteiger partial charge is 0.481 e. The summed E-state index contributed by atoms with van der Waals surface area (Å²) in [5.74, 6) is -0.107. The van der Waals surface area contributed by atoms with Crippen LogP contribution in [0.4, 0.5) is 4.39 Å². The molecule has 6 rings (SSSR count). The number of nitrogens with one attached hydrogen (secondary N) is 2. The summed E-state index contributed by atoms with van der Waals surface area (Å²) < 4.78 is 13.7. The van der Waals surface area contributed by atoms with Crippen LogP contribution in [0.25, 0.3) is 11.0 Å². The van der Waals surface area contributed by atoms with Crippen LogP contribution in [0.3, 0.4) is 0 Å². The molecular formula is C21H23FN6O2. The lowest BCUT2D eigenvalue weighted by molar-refractivity contribution is -0.149. The smallest absolute Gasteiger partial charge is 0.307 e. The number of aliphatic imine (C=N–C) groups is 3. The van der Waals surface area contributed by atoms with Crippen molar-refractivity contribution < 1.29 is 14.3 Å². The zero-order chi connectivity index (χ0) is 20.8. The van der Waals surface area contributed by atoms with Gasteiger partial charge in [0.2, 0.25) is 5.96 Å². The Morgan fingerprint density at radius 3 is 2.80 bits per heavy atom. The number of nitrogens with zero attached hydrogens (tertiary/aromatic N) is 4. The lowest BCUT2D eigenvalue weighted by Gasteiger charge is -2.45. The third-order valence-corrected chi connectivity index (χ3v) is 6.55. The van der Waals surface area contributed by atoms with E-state index in [-0.39, 0.29) is 23.9 Å². The van der Waals surface area contributed by atoms with Gasteiger partial charge in [-0.05, 0) is 50.5 Å². The van der Waals surface area contributed by atoms with Crippen molar-refractivity contribution >= 4 is 35.0 Å². The van der Waals surface area contributed by atoms with Crippen molar-refractivity contribution in [1.82, 2.24) is 15.3 Å². The minimum atomic E-state index is -0.733. The fraction of sp³-hybridized carbons (Fsp3) is 0.476. The van der Waals surface area contributed by atoms with E-state index in [2.05, 4.69) is 30.3 Å². The van der Waals surface area contributed by atoms with Crippen LogP contribution < -0.4 is 5.32 Å². The molecule has 0 amide bonds. The van der Waals surface area contributed by atoms with Crippen molar-refractivity contribution in [2.45, 2.75) is 38.8 Å². The van der Waals surface area contributed by atoms with Gasteiger partial charge in [-0.3, -0.25) is 4.79 Å². The van der Waals surface area contributed by atoms with E-state index < -0.39 is 11.8 Å². The monoisotopic (exact) mass is 410 g/mol. The molecule has 0 spiro atoms. The molecule has 3 heterocycles. The fourth-order valence-electron chi connectivity index (χ4n) is 5.17. The molecule has 3 atom stereocenters. The average Bonchev–Trinajstić information content (AvgIpc) is 3.15. The standard InChI is InChI=1S/C21H23FN6O2/c1-10-26-19(16-9-24-18-14(16)6-13(22)7-23-18)28-21(27-10)25-8-15-11-2-4-12(5-3-11)17(15)20(29)30/h6-12,15,17H,2-5H2,1H3,(H,23,24)(H,29,30)(H,26,27,28)/t10?,11?,12?,15?,17-/m0/s1. The number of carbonyl (C=O) groups is 1. The Balaban J connectivity index is 1.39. The minimum absolute atomic E-state index is 0.0801. The molecule has 3 saturated carbocycles. The van der Waals surface area contributed by atoms with Crippen LogP contribution in [0.5, 0.6) is 0 Å². The number of aromatic amines is 1. The molecule has 0 saturated heterocycles. The van der Waals surface area contributed by atoms with Crippen LogP contribution in [-0.2, 0) is 4.79 Å². The van der Waals surface area contributed by atoms with Crippen LogP contribution in [0.2, 0.25) is 0 Å². The van der Waals surface area contributed by atoms with E-state index in [4.69, 9.17) is 0 Å². The van der Waals surface area contributed by atoms with Crippen molar-refractivity contribution in [1.29, 1.82) is 0 Å². The van der Waals surface area contributed by atoms with Crippen molar-refractivity contribution in [3.05, 3.63) is 29.8 Å². The molecule has 2 bridgehead atoms. The maximum Gasteiger partial charge on any atom is 0.307 e. The van der Waals surface area contributed by atoms with Crippen LogP contribution >= 0.6 is 0 Å². The van der Waals surface area contributed by atoms with Gasteiger partial charge in [-0.1, -0.05) is 0 Å². The molecule has 0 aromatic carbocycles. The summed E-state index contributed by atoms with van der Waals surface area (Å²) in [5, 5.41) is 13.5. The van der Waals surface area contributed by atoms with E-state index in [0.717, 1.165) is 31.9 Å². The summed E-state index contributed by atoms with van der Waals surface area (Å²) in [6, 6.07) is 1.41. The van der Waals surface area contributed by atoms with E-state index >= 15 is 0 Å². The second kappa shape index (κ2) is 7.30. The first-order valence-electron chi connectivity index (χ1n) is 10.3. The molecule has 2 aromatic heterocycles. The summed E-state index contributed by atoms with van der Waals surface area (Å²) in [5.41, 5.74) is 1.25. The molecule has 8 nitrogen and oxygen atoms in total. The maximum absolute atomic E-state index is 13.7. The highest BCUT2D eigenvalue weighted by Crippen LogP contribution is 2.48. The van der Waals surface area contributed by atoms with Crippen molar-refractivity contribution in [3.8, 4) is 0 Å². The Morgan fingerprint density at radius 1 is 1.27 bits per heavy atom. The van der Waals surface area contributed by atoms with Crippen molar-refractivity contribution in [3.63, 3.8) is 0 Å². The molecule has 1 aliphatic heterocycles. The topological polar surface area (TPSA) is 115 Å². The number of amidine groups is 1. The van der Waals surface area contributed by atoms with E-state index in [9.17, 15) is 14.3 Å². The molecule has 30 heavy (non-hydrogen) atoms. The number of hydrogen-bond acceptors (Lipinski definition) is 6. The molecule has 2 aromatic rings. The van der Waals surface area contributed by atoms with Gasteiger partial charge in [-0.2, -0.15) is 0 Å². The molecule has 4 aliphatic rings. The summed E-state index contributed by atoms with van der Waals surface area (Å²) in [6.45, 7) is 1.84. The number of pyridine rings is 1. The molecular weight excluding hydrogens is 387 g/mol. The maximum atomic E-state index is 13.7. The molecule has 3 aliphatic carbocycles. The summed E-state index contributed by atoms with van der Waals surface area (Å²) in [7, 11) is 0. The number of fused-ring (bicyclic) bond motifs is 4. The number of aliphatic carboxylic acids is 1. The highest BCUT2D eigenvalue weighted by atomic mass is 19.1. The number of halogens is 1. The quantitative estimate of drug-likeness (QED) is 0.675. The number of carboxylic acids is 1. The van der Waals surface area contributed by atoms with Crippen molar-refractivity contribution in [2.75, 3.05) is 0 Å². The van der Waals surface area contributed by atoms with Gasteiger partial charge in [0.15, 0.2) is 0 Å². The molecule has 3 fully saturated rings. The summed E-state index contributed by atoms with van der Waals surface area (Å²) in [6.07, 6.45) is 8.39. The van der Waals surface area contributed by atoms with Gasteiger partial charge in [0.1, 0.15) is 23.5 Å². The number of H-pyrrole nitrogens is 1. The number of aromatic nitrogens is 2. The van der Waals surface area contributed by atoms with E-state index in [0.29, 0.717) is 34.3 Å². The first-order valence-corrected chi connectivity index (χ1v) is 10.3. The number of rotatable bonds is 3. The van der Waals surface area contributed by atoms with Crippen molar-refractivity contribution in [2.24, 2.45) is 38.6 Å². The third-order valence-electron chi connectivity index (χ3n) is 6.55. The second-order valence-corrected chi connectivity index (χ2v) is 8.33. The Labute approximate surface area is 172 Å². The van der Waals surface area contributed by atoms with Gasteiger partial charge in [-0.25, -0.2) is 24.4 Å². The first-order chi connectivity index (χ1) is 14.5. The van der Waals surface area contributed by atoms with E-state index in [1.807, 2.05) is 6.92 Å². The van der Waals surface area contributed by atoms with Crippen LogP contribution in [0.1, 0.15) is 38.2 Å². The Bertz CT molecular complexity index is 1080. The molecule has 2 unspecified atom stereocenters. The van der Waals surface area contributed by atoms with Gasteiger partial charge >= 0.3 is 5.97 Å². The van der Waals surface area contributed by atoms with E-state index in [1.165, 1.54) is 6.07 Å². The minimum Gasteiger partial charge on any atom is -0.481 e. The molecule has 3 N–H and O–H groups in total.